The molecule has 230 valence electrons. The summed E-state index contributed by atoms with van der Waals surface area (Å²) < 4.78 is 46.4. The molecule has 1 aliphatic carbocycles. The number of methoxy groups -OCH3 is 1. The molecule has 2 heterocycles. The number of benzene rings is 2. The Morgan fingerprint density at radius 1 is 1.05 bits per heavy atom. The molecule has 0 radical (unpaired) electrons. The van der Waals surface area contributed by atoms with Gasteiger partial charge in [0, 0.05) is 38.3 Å². The van der Waals surface area contributed by atoms with Crippen molar-refractivity contribution in [1.82, 2.24) is 20.4 Å². The van der Waals surface area contributed by atoms with Crippen molar-refractivity contribution in [3.05, 3.63) is 76.2 Å². The minimum atomic E-state index is -1.54. The molecule has 43 heavy (non-hydrogen) atoms. The smallest absolute Gasteiger partial charge is 0.335 e. The van der Waals surface area contributed by atoms with Gasteiger partial charge in [0.1, 0.15) is 17.6 Å². The zero-order valence-corrected chi connectivity index (χ0v) is 23.5. The summed E-state index contributed by atoms with van der Waals surface area (Å²) in [6.45, 7) is 0.910. The van der Waals surface area contributed by atoms with Crippen LogP contribution < -0.4 is 10.6 Å². The SMILES string of the molecule is COCC1=C(C(=O)O)[C@H](c2ccc(F)c(F)c2)N(C(=O)N[C@@H]2CCN(C3CCC(c4ccc(F)cc4O)CC3)C2)C(=O)N1. The number of amides is 4. The van der Waals surface area contributed by atoms with Crippen molar-refractivity contribution in [2.24, 2.45) is 0 Å². The summed E-state index contributed by atoms with van der Waals surface area (Å²) in [7, 11) is 1.30. The molecule has 0 spiro atoms. The number of likely N-dealkylation sites (tertiary alicyclic amines) is 1. The van der Waals surface area contributed by atoms with Crippen molar-refractivity contribution >= 4 is 18.0 Å². The Kier molecular flexibility index (Phi) is 8.92. The average Bonchev–Trinajstić information content (AvgIpc) is 3.42. The number of halogens is 3. The minimum Gasteiger partial charge on any atom is -0.508 e. The van der Waals surface area contributed by atoms with E-state index < -0.39 is 47.1 Å². The van der Waals surface area contributed by atoms with Gasteiger partial charge in [-0.3, -0.25) is 4.90 Å². The number of carbonyl (C=O) groups excluding carboxylic acids is 2. The fraction of sp³-hybridized carbons (Fsp3) is 0.433. The molecule has 1 saturated carbocycles. The number of hydrogen-bond acceptors (Lipinski definition) is 6. The van der Waals surface area contributed by atoms with E-state index in [4.69, 9.17) is 4.74 Å². The summed E-state index contributed by atoms with van der Waals surface area (Å²) in [6, 6.07) is 3.38. The van der Waals surface area contributed by atoms with Crippen LogP contribution in [0.2, 0.25) is 0 Å². The van der Waals surface area contributed by atoms with Gasteiger partial charge in [0.2, 0.25) is 0 Å². The first-order valence-electron chi connectivity index (χ1n) is 14.1. The number of carboxylic acid groups (broad SMARTS) is 1. The van der Waals surface area contributed by atoms with Gasteiger partial charge in [-0.2, -0.15) is 0 Å². The van der Waals surface area contributed by atoms with Gasteiger partial charge in [0.05, 0.1) is 17.9 Å². The van der Waals surface area contributed by atoms with Crippen LogP contribution in [-0.4, -0.2) is 76.9 Å². The maximum Gasteiger partial charge on any atom is 0.335 e. The standard InChI is InChI=1S/C30H33F3N4O6/c1-43-15-24-26(28(39)40)27(17-4-9-22(32)23(33)12-17)37(30(42)35-24)29(41)34-19-10-11-36(14-19)20-6-2-16(3-7-20)21-8-5-18(31)13-25(21)38/h4-5,8-9,12-13,16,19-20,27,38H,2-3,6-7,10-11,14-15H2,1H3,(H,34,41)(H,35,42)(H,39,40)/t16?,19-,20?,27+/m1/s1. The van der Waals surface area contributed by atoms with Crippen molar-refractivity contribution in [2.45, 2.75) is 56.1 Å². The van der Waals surface area contributed by atoms with E-state index in [-0.39, 0.29) is 41.6 Å². The maximum absolute atomic E-state index is 14.2. The highest BCUT2D eigenvalue weighted by molar-refractivity contribution is 6.01. The first-order chi connectivity index (χ1) is 20.6. The van der Waals surface area contributed by atoms with E-state index in [0.717, 1.165) is 55.5 Å². The quantitative estimate of drug-likeness (QED) is 0.370. The summed E-state index contributed by atoms with van der Waals surface area (Å²) in [5.74, 6) is -4.27. The van der Waals surface area contributed by atoms with Gasteiger partial charge >= 0.3 is 18.0 Å². The molecule has 2 atom stereocenters. The lowest BCUT2D eigenvalue weighted by Gasteiger charge is -2.37. The average molecular weight is 603 g/mol. The van der Waals surface area contributed by atoms with Gasteiger partial charge in [0.15, 0.2) is 11.6 Å². The Labute approximate surface area is 246 Å². The second-order valence-corrected chi connectivity index (χ2v) is 11.1. The van der Waals surface area contributed by atoms with Gasteiger partial charge in [-0.15, -0.1) is 0 Å². The number of rotatable bonds is 7. The van der Waals surface area contributed by atoms with Crippen LogP contribution in [0.4, 0.5) is 22.8 Å². The summed E-state index contributed by atoms with van der Waals surface area (Å²) >= 11 is 0. The third kappa shape index (κ3) is 6.32. The molecular weight excluding hydrogens is 569 g/mol. The van der Waals surface area contributed by atoms with Crippen LogP contribution in [0.25, 0.3) is 0 Å². The lowest BCUT2D eigenvalue weighted by Crippen LogP contribution is -2.56. The van der Waals surface area contributed by atoms with Gasteiger partial charge in [0.25, 0.3) is 0 Å². The lowest BCUT2D eigenvalue weighted by atomic mass is 9.81. The molecule has 4 amide bonds. The van der Waals surface area contributed by atoms with Crippen LogP contribution in [0, 0.1) is 17.5 Å². The van der Waals surface area contributed by atoms with Gasteiger partial charge < -0.3 is 25.6 Å². The molecule has 2 fully saturated rings. The van der Waals surface area contributed by atoms with Crippen LogP contribution in [-0.2, 0) is 9.53 Å². The maximum atomic E-state index is 14.2. The van der Waals surface area contributed by atoms with E-state index in [0.29, 0.717) is 24.4 Å². The van der Waals surface area contributed by atoms with E-state index in [1.165, 1.54) is 13.2 Å². The van der Waals surface area contributed by atoms with Gasteiger partial charge in [-0.05, 0) is 67.3 Å². The van der Waals surface area contributed by atoms with E-state index in [1.807, 2.05) is 0 Å². The molecule has 4 N–H and O–H groups in total. The number of phenols is 1. The van der Waals surface area contributed by atoms with Gasteiger partial charge in [-0.25, -0.2) is 32.5 Å². The first-order valence-corrected chi connectivity index (χ1v) is 14.1. The molecule has 2 aliphatic heterocycles. The number of nitrogens with zero attached hydrogens (tertiary/aromatic N) is 2. The van der Waals surface area contributed by atoms with E-state index >= 15 is 0 Å². The normalized spacial score (nSPS) is 24.7. The van der Waals surface area contributed by atoms with E-state index in [9.17, 15) is 37.8 Å². The summed E-state index contributed by atoms with van der Waals surface area (Å²) in [5, 5.41) is 25.4. The highest BCUT2D eigenvalue weighted by Crippen LogP contribution is 2.39. The summed E-state index contributed by atoms with van der Waals surface area (Å²) in [5.41, 5.74) is 0.146. The van der Waals surface area contributed by atoms with Crippen LogP contribution >= 0.6 is 0 Å². The molecule has 3 aliphatic rings. The fourth-order valence-corrected chi connectivity index (χ4v) is 6.47. The second kappa shape index (κ2) is 12.6. The van der Waals surface area contributed by atoms with Crippen LogP contribution in [0.15, 0.2) is 47.7 Å². The highest BCUT2D eigenvalue weighted by Gasteiger charge is 2.44. The molecule has 0 aromatic heterocycles. The molecule has 0 unspecified atom stereocenters. The Bertz CT molecular complexity index is 1440. The number of phenolic OH excluding ortho intramolecular Hbond substituents is 1. The molecule has 1 saturated heterocycles. The number of imide groups is 1. The predicted molar refractivity (Wildman–Crippen MR) is 148 cm³/mol. The molecule has 2 aromatic rings. The molecule has 5 rings (SSSR count). The fourth-order valence-electron chi connectivity index (χ4n) is 6.47. The molecule has 10 nitrogen and oxygen atoms in total. The molecule has 0 bridgehead atoms. The van der Waals surface area contributed by atoms with Crippen molar-refractivity contribution in [1.29, 1.82) is 0 Å². The Hall–Kier alpha value is -4.10. The number of carboxylic acids is 1. The Morgan fingerprint density at radius 3 is 2.44 bits per heavy atom. The number of ether oxygens (including phenoxy) is 1. The van der Waals surface area contributed by atoms with Crippen molar-refractivity contribution in [3.8, 4) is 5.75 Å². The zero-order chi connectivity index (χ0) is 30.8. The topological polar surface area (TPSA) is 131 Å². The minimum absolute atomic E-state index is 0.0360. The van der Waals surface area contributed by atoms with Crippen molar-refractivity contribution in [2.75, 3.05) is 26.8 Å². The predicted octanol–water partition coefficient (Wildman–Crippen LogP) is 4.37. The first kappa shape index (κ1) is 30.4. The summed E-state index contributed by atoms with van der Waals surface area (Å²) in [6.07, 6.45) is 3.92. The van der Waals surface area contributed by atoms with Crippen LogP contribution in [0.5, 0.6) is 5.75 Å². The monoisotopic (exact) mass is 602 g/mol. The van der Waals surface area contributed by atoms with Crippen LogP contribution in [0.1, 0.15) is 55.2 Å². The largest absolute Gasteiger partial charge is 0.508 e. The highest BCUT2D eigenvalue weighted by atomic mass is 19.2. The van der Waals surface area contributed by atoms with Gasteiger partial charge in [-0.1, -0.05) is 12.1 Å². The number of carbonyl (C=O) groups is 3. The number of aliphatic carboxylic acids is 1. The number of urea groups is 2. The second-order valence-electron chi connectivity index (χ2n) is 11.1. The van der Waals surface area contributed by atoms with Crippen molar-refractivity contribution in [3.63, 3.8) is 0 Å². The van der Waals surface area contributed by atoms with E-state index in [1.54, 1.807) is 6.07 Å². The van der Waals surface area contributed by atoms with Crippen LogP contribution in [0.3, 0.4) is 0 Å². The number of nitrogens with one attached hydrogen (secondary N) is 2. The lowest BCUT2D eigenvalue weighted by molar-refractivity contribution is -0.133. The summed E-state index contributed by atoms with van der Waals surface area (Å²) in [4.78, 5) is 42.0. The Morgan fingerprint density at radius 2 is 1.79 bits per heavy atom. The van der Waals surface area contributed by atoms with E-state index in [2.05, 4.69) is 15.5 Å². The third-order valence-electron chi connectivity index (χ3n) is 8.52. The molecule has 13 heteroatoms. The number of hydrogen-bond donors (Lipinski definition) is 4. The molecule has 2 aromatic carbocycles. The zero-order valence-electron chi connectivity index (χ0n) is 23.5. The number of aromatic hydroxyl groups is 1. The Balaban J connectivity index is 1.28. The third-order valence-corrected chi connectivity index (χ3v) is 8.52. The molecular formula is C30H33F3N4O6. The van der Waals surface area contributed by atoms with Crippen molar-refractivity contribution < 1.29 is 42.5 Å².